The van der Waals surface area contributed by atoms with Crippen molar-refractivity contribution in [2.75, 3.05) is 4.90 Å². The van der Waals surface area contributed by atoms with Crippen LogP contribution in [0, 0.1) is 0 Å². The highest BCUT2D eigenvalue weighted by Gasteiger charge is 2.46. The van der Waals surface area contributed by atoms with Crippen LogP contribution in [0.5, 0.6) is 0 Å². The number of hydrogen-bond acceptors (Lipinski definition) is 3. The summed E-state index contributed by atoms with van der Waals surface area (Å²) >= 11 is 0. The summed E-state index contributed by atoms with van der Waals surface area (Å²) in [6, 6.07) is 33.9. The topological polar surface area (TPSA) is 29.5 Å². The van der Waals surface area contributed by atoms with Crippen LogP contribution in [-0.4, -0.2) is 0 Å². The van der Waals surface area contributed by atoms with Crippen LogP contribution in [-0.2, 0) is 10.8 Å². The normalized spacial score (nSPS) is 18.7. The van der Waals surface area contributed by atoms with Gasteiger partial charge in [-0.05, 0) is 133 Å². The largest absolute Gasteiger partial charge is 0.456 e. The average molecular weight is 925 g/mol. The summed E-state index contributed by atoms with van der Waals surface area (Å²) in [6.45, 7) is 3.90. The highest BCUT2D eigenvalue weighted by Crippen LogP contribution is 2.58. The van der Waals surface area contributed by atoms with Crippen molar-refractivity contribution in [2.24, 2.45) is 0 Å². The molecular formula is C68H45NO2. The Balaban J connectivity index is 1.13. The van der Waals surface area contributed by atoms with Crippen molar-refractivity contribution in [1.29, 1.82) is 0 Å². The molecule has 11 aromatic carbocycles. The third-order valence-electron chi connectivity index (χ3n) is 14.6. The summed E-state index contributed by atoms with van der Waals surface area (Å²) in [5.74, 6) is 0. The summed E-state index contributed by atoms with van der Waals surface area (Å²) in [5.41, 5.74) is 4.42. The van der Waals surface area contributed by atoms with Crippen molar-refractivity contribution in [3.05, 3.63) is 270 Å². The molecule has 3 nitrogen and oxygen atoms in total. The van der Waals surface area contributed by atoms with Crippen LogP contribution in [0.3, 0.4) is 0 Å². The monoisotopic (exact) mass is 924 g/mol. The van der Waals surface area contributed by atoms with Gasteiger partial charge in [-0.15, -0.1) is 0 Å². The Morgan fingerprint density at radius 2 is 1.14 bits per heavy atom. The molecule has 0 N–H and O–H groups in total. The molecule has 2 aliphatic rings. The van der Waals surface area contributed by atoms with E-state index in [4.69, 9.17) is 23.9 Å². The molecule has 0 bridgehead atoms. The number of hydrogen-bond donors (Lipinski definition) is 0. The van der Waals surface area contributed by atoms with E-state index in [1.54, 1.807) is 83.8 Å². The lowest BCUT2D eigenvalue weighted by molar-refractivity contribution is 0.660. The minimum atomic E-state index is -1.45. The number of benzene rings is 11. The van der Waals surface area contributed by atoms with Crippen molar-refractivity contribution in [3.63, 3.8) is 0 Å². The van der Waals surface area contributed by atoms with Crippen LogP contribution < -0.4 is 4.90 Å². The van der Waals surface area contributed by atoms with E-state index in [2.05, 4.69) is 0 Å². The number of furan rings is 2. The van der Waals surface area contributed by atoms with Gasteiger partial charge in [0.1, 0.15) is 22.3 Å². The molecule has 0 aliphatic heterocycles. The van der Waals surface area contributed by atoms with E-state index in [1.807, 2.05) is 38.1 Å². The van der Waals surface area contributed by atoms with Crippen molar-refractivity contribution >= 4 is 71.7 Å². The minimum Gasteiger partial charge on any atom is -0.456 e. The highest BCUT2D eigenvalue weighted by atomic mass is 16.3. The Morgan fingerprint density at radius 1 is 0.423 bits per heavy atom. The first-order valence-electron chi connectivity index (χ1n) is 31.7. The lowest BCUT2D eigenvalue weighted by Crippen LogP contribution is -2.28. The molecule has 0 radical (unpaired) electrons. The third kappa shape index (κ3) is 5.60. The van der Waals surface area contributed by atoms with E-state index in [0.717, 1.165) is 5.56 Å². The molecule has 2 aromatic heterocycles. The summed E-state index contributed by atoms with van der Waals surface area (Å²) in [4.78, 5) is 1.79. The van der Waals surface area contributed by atoms with Crippen molar-refractivity contribution in [2.45, 2.75) is 24.7 Å². The van der Waals surface area contributed by atoms with Crippen LogP contribution >= 0.6 is 0 Å². The molecule has 13 aromatic rings. The van der Waals surface area contributed by atoms with Gasteiger partial charge in [0.2, 0.25) is 0 Å². The van der Waals surface area contributed by atoms with Crippen LogP contribution in [0.1, 0.15) is 70.5 Å². The van der Waals surface area contributed by atoms with E-state index in [-0.39, 0.29) is 169 Å². The number of nitrogens with zero attached hydrogens (tertiary/aromatic N) is 1. The zero-order chi connectivity index (χ0) is 61.8. The van der Waals surface area contributed by atoms with Gasteiger partial charge in [0.25, 0.3) is 0 Å². The zero-order valence-corrected chi connectivity index (χ0v) is 38.0. The molecule has 0 saturated heterocycles. The molecule has 0 fully saturated rings. The third-order valence-corrected chi connectivity index (χ3v) is 14.6. The maximum atomic E-state index is 10.7. The Morgan fingerprint density at radius 3 is 2.00 bits per heavy atom. The van der Waals surface area contributed by atoms with Gasteiger partial charge in [0.05, 0.1) is 39.8 Å². The molecule has 2 heterocycles. The van der Waals surface area contributed by atoms with Crippen molar-refractivity contribution in [3.8, 4) is 33.4 Å². The molecule has 2 aliphatic carbocycles. The molecule has 1 atom stereocenters. The lowest BCUT2D eigenvalue weighted by Gasteiger charge is -2.35. The second-order valence-electron chi connectivity index (χ2n) is 18.6. The first-order chi connectivity index (χ1) is 41.9. The molecule has 0 spiro atoms. The van der Waals surface area contributed by atoms with E-state index in [0.29, 0.717) is 66.5 Å². The Kier molecular flexibility index (Phi) is 5.57. The van der Waals surface area contributed by atoms with Crippen molar-refractivity contribution in [1.82, 2.24) is 0 Å². The Bertz CT molecular complexity index is 5340. The molecule has 0 amide bonds. The number of anilines is 3. The van der Waals surface area contributed by atoms with Crippen LogP contribution in [0.4, 0.5) is 17.1 Å². The number of para-hydroxylation sites is 1. The van der Waals surface area contributed by atoms with Gasteiger partial charge in [-0.25, -0.2) is 0 Å². The van der Waals surface area contributed by atoms with Gasteiger partial charge in [-0.1, -0.05) is 189 Å². The maximum absolute atomic E-state index is 10.7. The average Bonchev–Trinajstić information content (AvgIpc) is 1.53. The first kappa shape index (κ1) is 26.7. The fraction of sp³-hybridized carbons (Fsp3) is 0.0588. The fourth-order valence-electron chi connectivity index (χ4n) is 11.5. The van der Waals surface area contributed by atoms with E-state index in [1.165, 1.54) is 30.3 Å². The molecule has 71 heavy (non-hydrogen) atoms. The Labute approximate surface area is 435 Å². The van der Waals surface area contributed by atoms with Crippen LogP contribution in [0.15, 0.2) is 245 Å². The zero-order valence-electron chi connectivity index (χ0n) is 55.0. The van der Waals surface area contributed by atoms with Gasteiger partial charge in [0, 0.05) is 38.3 Å². The fourth-order valence-corrected chi connectivity index (χ4v) is 11.5. The summed E-state index contributed by atoms with van der Waals surface area (Å²) in [7, 11) is 0. The summed E-state index contributed by atoms with van der Waals surface area (Å²) in [6.07, 6.45) is 0. The smallest absolute Gasteiger partial charge is 0.143 e. The molecule has 334 valence electrons. The second-order valence-corrected chi connectivity index (χ2v) is 18.6. The van der Waals surface area contributed by atoms with Crippen LogP contribution in [0.25, 0.3) is 88.0 Å². The van der Waals surface area contributed by atoms with Gasteiger partial charge >= 0.3 is 0 Å². The van der Waals surface area contributed by atoms with Gasteiger partial charge in [0.15, 0.2) is 0 Å². The predicted octanol–water partition coefficient (Wildman–Crippen LogP) is 18.4. The molecule has 3 heteroatoms. The minimum absolute atomic E-state index is 0.000833. The predicted molar refractivity (Wildman–Crippen MR) is 293 cm³/mol. The number of rotatable bonds is 6. The molecule has 15 rings (SSSR count). The van der Waals surface area contributed by atoms with Gasteiger partial charge < -0.3 is 13.7 Å². The quantitative estimate of drug-likeness (QED) is 0.166. The maximum Gasteiger partial charge on any atom is 0.143 e. The lowest BCUT2D eigenvalue weighted by atomic mass is 9.67. The molecule has 1 unspecified atom stereocenters. The highest BCUT2D eigenvalue weighted by molar-refractivity contribution is 6.20. The molecule has 0 saturated carbocycles. The van der Waals surface area contributed by atoms with Gasteiger partial charge in [-0.2, -0.15) is 0 Å². The van der Waals surface area contributed by atoms with Crippen LogP contribution in [0.2, 0.25) is 0 Å². The second kappa shape index (κ2) is 14.8. The first-order valence-corrected chi connectivity index (χ1v) is 23.2. The SMILES string of the molecule is [2H]c1ccc(C2(c3cc([2H])cc([2H])c3)c3cc(N(c4ccc5c(c4[2H])C(C)(C)c4cc([2H])c([2H])cc4-5)c4cc(-c5cc6c(oc7c([2H])cc([2H])cc76)c([2H])c5[2H])c([2H])c5oc6c(cc([2H])c7c([2H])cc([2H])c([2H])c76)c45)ccc3-c3cc([2H])c([2H])cc32)cc1. The Hall–Kier alpha value is -8.92. The standard InChI is InChI=1S/C68H45NO2/c1-67(2)57-26-14-11-23-50(57)52-34-31-47(40-59(52)67)69(48-32-35-53-51-24-12-15-27-58(51)68(60(53)41-48,45-18-5-3-6-19-45)46-20-7-4-8-21-46)61-38-44(43-30-36-63-56(37-43)54-25-13-16-28-62(54)70-63)39-64-65(61)55-33-29-42-17-9-10-22-49(42)66(55)71-64/h3-41H,1-2H3/i3D,7D,8D,10D,11D,12D,13D,14D,15D,17D,22D,28D,29D,30D,36D,39D,40D. The number of fused-ring (bicyclic) bond motifs is 14. The molecular weight excluding hydrogens is 863 g/mol. The van der Waals surface area contributed by atoms with E-state index >= 15 is 0 Å². The van der Waals surface area contributed by atoms with Gasteiger partial charge in [-0.3, -0.25) is 0 Å². The van der Waals surface area contributed by atoms with E-state index < -0.39 is 10.8 Å². The van der Waals surface area contributed by atoms with Crippen molar-refractivity contribution < 1.29 is 32.1 Å². The summed E-state index contributed by atoms with van der Waals surface area (Å²) in [5, 5.41) is 1.00. The van der Waals surface area contributed by atoms with E-state index in [9.17, 15) is 8.22 Å². The summed E-state index contributed by atoms with van der Waals surface area (Å²) < 4.78 is 169.